The van der Waals surface area contributed by atoms with E-state index in [2.05, 4.69) is 20.7 Å². The lowest BCUT2D eigenvalue weighted by Crippen LogP contribution is -2.15. The molecular formula is C7H12N6O3S. The van der Waals surface area contributed by atoms with Crippen molar-refractivity contribution in [3.63, 3.8) is 0 Å². The number of hydrazine groups is 1. The van der Waals surface area contributed by atoms with Crippen LogP contribution in [0.2, 0.25) is 0 Å². The van der Waals surface area contributed by atoms with Gasteiger partial charge in [-0.05, 0) is 0 Å². The van der Waals surface area contributed by atoms with Crippen molar-refractivity contribution in [1.82, 2.24) is 9.97 Å². The molecule has 94 valence electrons. The van der Waals surface area contributed by atoms with E-state index in [1.807, 2.05) is 0 Å². The summed E-state index contributed by atoms with van der Waals surface area (Å²) in [5.41, 5.74) is 1.93. The van der Waals surface area contributed by atoms with Gasteiger partial charge in [0.2, 0.25) is 11.8 Å². The van der Waals surface area contributed by atoms with Crippen molar-refractivity contribution in [2.45, 2.75) is 0 Å². The van der Waals surface area contributed by atoms with Gasteiger partial charge in [-0.1, -0.05) is 0 Å². The fraction of sp³-hybridized carbons (Fsp3) is 0.429. The summed E-state index contributed by atoms with van der Waals surface area (Å²) in [4.78, 5) is 17.5. The molecular weight excluding hydrogens is 248 g/mol. The molecule has 1 rings (SSSR count). The van der Waals surface area contributed by atoms with Crippen molar-refractivity contribution in [3.8, 4) is 0 Å². The van der Waals surface area contributed by atoms with Gasteiger partial charge in [-0.15, -0.1) is 0 Å². The van der Waals surface area contributed by atoms with E-state index in [9.17, 15) is 14.3 Å². The van der Waals surface area contributed by atoms with Gasteiger partial charge in [-0.2, -0.15) is 4.98 Å². The minimum atomic E-state index is -0.980. The molecule has 0 amide bonds. The summed E-state index contributed by atoms with van der Waals surface area (Å²) in [5, 5.41) is 13.4. The van der Waals surface area contributed by atoms with Crippen LogP contribution in [-0.2, 0) is 10.8 Å². The second-order valence-electron chi connectivity index (χ2n) is 3.03. The van der Waals surface area contributed by atoms with Crippen molar-refractivity contribution in [3.05, 3.63) is 16.3 Å². The first-order valence-corrected chi connectivity index (χ1v) is 6.29. The van der Waals surface area contributed by atoms with Crippen LogP contribution in [0.3, 0.4) is 0 Å². The Morgan fingerprint density at radius 2 is 2.35 bits per heavy atom. The summed E-state index contributed by atoms with van der Waals surface area (Å²) in [6.07, 6.45) is 2.59. The molecule has 1 heterocycles. The molecule has 0 spiro atoms. The van der Waals surface area contributed by atoms with E-state index in [1.165, 1.54) is 0 Å². The van der Waals surface area contributed by atoms with Gasteiger partial charge in [0.25, 0.3) is 0 Å². The van der Waals surface area contributed by atoms with E-state index >= 15 is 0 Å². The number of nitro groups is 1. The van der Waals surface area contributed by atoms with Gasteiger partial charge in [0.1, 0.15) is 6.20 Å². The highest BCUT2D eigenvalue weighted by Crippen LogP contribution is 2.21. The molecule has 0 aliphatic carbocycles. The quantitative estimate of drug-likeness (QED) is 0.352. The number of nitrogens with zero attached hydrogens (tertiary/aromatic N) is 3. The number of rotatable bonds is 6. The van der Waals surface area contributed by atoms with E-state index in [1.54, 1.807) is 6.26 Å². The van der Waals surface area contributed by atoms with Crippen LogP contribution in [-0.4, -0.2) is 37.7 Å². The molecule has 10 heteroatoms. The Hall–Kier alpha value is -1.81. The highest BCUT2D eigenvalue weighted by atomic mass is 32.2. The van der Waals surface area contributed by atoms with Crippen LogP contribution < -0.4 is 16.6 Å². The standard InChI is InChI=1S/C7H12N6O3S/c1-17(16)3-2-9-6-5(13(14)15)4-10-7(11-6)12-8/h4H,2-3,8H2,1H3,(H2,9,10,11,12). The molecule has 1 unspecified atom stereocenters. The number of nitrogen functional groups attached to an aromatic ring is 1. The van der Waals surface area contributed by atoms with Gasteiger partial charge in [0.05, 0.1) is 4.92 Å². The van der Waals surface area contributed by atoms with Crippen LogP contribution in [0.25, 0.3) is 0 Å². The van der Waals surface area contributed by atoms with Gasteiger partial charge < -0.3 is 5.32 Å². The van der Waals surface area contributed by atoms with Gasteiger partial charge in [0, 0.05) is 29.4 Å². The zero-order valence-electron chi connectivity index (χ0n) is 9.04. The number of nitrogens with one attached hydrogen (secondary N) is 2. The molecule has 0 bridgehead atoms. The predicted molar refractivity (Wildman–Crippen MR) is 63.9 cm³/mol. The Balaban J connectivity index is 2.85. The van der Waals surface area contributed by atoms with Gasteiger partial charge in [-0.25, -0.2) is 10.8 Å². The second kappa shape index (κ2) is 6.06. The van der Waals surface area contributed by atoms with Gasteiger partial charge in [0.15, 0.2) is 0 Å². The van der Waals surface area contributed by atoms with Crippen molar-refractivity contribution < 1.29 is 9.13 Å². The van der Waals surface area contributed by atoms with E-state index < -0.39 is 15.7 Å². The SMILES string of the molecule is CS(=O)CCNc1nc(NN)ncc1[N+](=O)[O-]. The van der Waals surface area contributed by atoms with Crippen molar-refractivity contribution >= 4 is 28.3 Å². The molecule has 0 saturated heterocycles. The van der Waals surface area contributed by atoms with E-state index in [4.69, 9.17) is 5.84 Å². The highest BCUT2D eigenvalue weighted by Gasteiger charge is 2.16. The Kier molecular flexibility index (Phi) is 4.72. The molecule has 0 radical (unpaired) electrons. The van der Waals surface area contributed by atoms with Crippen molar-refractivity contribution in [1.29, 1.82) is 0 Å². The Bertz CT molecular complexity index is 440. The summed E-state index contributed by atoms with van der Waals surface area (Å²) in [6.45, 7) is 0.310. The molecule has 1 aromatic rings. The molecule has 17 heavy (non-hydrogen) atoms. The summed E-state index contributed by atoms with van der Waals surface area (Å²) in [6, 6.07) is 0. The van der Waals surface area contributed by atoms with E-state index in [-0.39, 0.29) is 17.5 Å². The van der Waals surface area contributed by atoms with Crippen LogP contribution in [0.1, 0.15) is 0 Å². The van der Waals surface area contributed by atoms with Crippen molar-refractivity contribution in [2.24, 2.45) is 5.84 Å². The number of hydrogen-bond acceptors (Lipinski definition) is 8. The molecule has 0 aliphatic heterocycles. The Morgan fingerprint density at radius 3 is 2.88 bits per heavy atom. The van der Waals surface area contributed by atoms with Crippen LogP contribution in [0, 0.1) is 10.1 Å². The molecule has 1 atom stereocenters. The lowest BCUT2D eigenvalue weighted by molar-refractivity contribution is -0.384. The summed E-state index contributed by atoms with van der Waals surface area (Å²) < 4.78 is 10.8. The topological polar surface area (TPSA) is 136 Å². The first-order chi connectivity index (χ1) is 8.04. The monoisotopic (exact) mass is 260 g/mol. The molecule has 0 aromatic carbocycles. The number of anilines is 2. The molecule has 4 N–H and O–H groups in total. The van der Waals surface area contributed by atoms with Gasteiger partial charge in [-0.3, -0.25) is 19.7 Å². The third-order valence-corrected chi connectivity index (χ3v) is 2.56. The highest BCUT2D eigenvalue weighted by molar-refractivity contribution is 7.84. The first kappa shape index (κ1) is 13.3. The predicted octanol–water partition coefficient (Wildman–Crippen LogP) is -0.539. The van der Waals surface area contributed by atoms with E-state index in [0.717, 1.165) is 6.20 Å². The molecule has 1 aromatic heterocycles. The fourth-order valence-electron chi connectivity index (χ4n) is 1.02. The fourth-order valence-corrected chi connectivity index (χ4v) is 1.41. The average Bonchev–Trinajstić information content (AvgIpc) is 2.28. The molecule has 0 aliphatic rings. The average molecular weight is 260 g/mol. The van der Waals surface area contributed by atoms with E-state index in [0.29, 0.717) is 12.3 Å². The largest absolute Gasteiger partial charge is 0.363 e. The maximum absolute atomic E-state index is 10.8. The lowest BCUT2D eigenvalue weighted by Gasteiger charge is -2.06. The van der Waals surface area contributed by atoms with Crippen LogP contribution in [0.4, 0.5) is 17.5 Å². The number of aromatic nitrogens is 2. The summed E-state index contributed by atoms with van der Waals surface area (Å²) in [7, 11) is -0.980. The minimum Gasteiger partial charge on any atom is -0.363 e. The lowest BCUT2D eigenvalue weighted by atomic mass is 10.4. The third kappa shape index (κ3) is 3.92. The van der Waals surface area contributed by atoms with Crippen LogP contribution in [0.15, 0.2) is 6.20 Å². The van der Waals surface area contributed by atoms with Gasteiger partial charge >= 0.3 is 5.69 Å². The smallest absolute Gasteiger partial charge is 0.329 e. The molecule has 0 fully saturated rings. The summed E-state index contributed by atoms with van der Waals surface area (Å²) in [5.74, 6) is 5.58. The summed E-state index contributed by atoms with van der Waals surface area (Å²) >= 11 is 0. The zero-order chi connectivity index (χ0) is 12.8. The number of nitrogens with two attached hydrogens (primary N) is 1. The maximum Gasteiger partial charge on any atom is 0.329 e. The Labute approximate surface area is 99.4 Å². The maximum atomic E-state index is 10.8. The van der Waals surface area contributed by atoms with Crippen LogP contribution >= 0.6 is 0 Å². The zero-order valence-corrected chi connectivity index (χ0v) is 9.86. The normalized spacial score (nSPS) is 11.9. The minimum absolute atomic E-state index is 0.0448. The second-order valence-corrected chi connectivity index (χ2v) is 4.59. The third-order valence-electron chi connectivity index (χ3n) is 1.78. The first-order valence-electron chi connectivity index (χ1n) is 4.56. The molecule has 9 nitrogen and oxygen atoms in total. The number of hydrogen-bond donors (Lipinski definition) is 3. The van der Waals surface area contributed by atoms with Crippen molar-refractivity contribution in [2.75, 3.05) is 29.3 Å². The van der Waals surface area contributed by atoms with Crippen LogP contribution in [0.5, 0.6) is 0 Å². The Morgan fingerprint density at radius 1 is 1.65 bits per heavy atom. The molecule has 0 saturated carbocycles.